The molecule has 182 valence electrons. The van der Waals surface area contributed by atoms with Gasteiger partial charge in [0.25, 0.3) is 20.2 Å². The molecule has 0 bridgehead atoms. The van der Waals surface area contributed by atoms with Crippen LogP contribution in [0.1, 0.15) is 18.1 Å². The summed E-state index contributed by atoms with van der Waals surface area (Å²) < 4.78 is 59.9. The predicted molar refractivity (Wildman–Crippen MR) is 133 cm³/mol. The molecular weight excluding hydrogens is 503 g/mol. The molecule has 0 N–H and O–H groups in total. The van der Waals surface area contributed by atoms with E-state index in [2.05, 4.69) is 0 Å². The number of hydrogen-bond donors (Lipinski definition) is 0. The first-order valence-electron chi connectivity index (χ1n) is 10.3. The van der Waals surface area contributed by atoms with Crippen molar-refractivity contribution in [3.05, 3.63) is 59.7 Å². The second-order valence-electron chi connectivity index (χ2n) is 7.36. The van der Waals surface area contributed by atoms with Crippen molar-refractivity contribution in [1.29, 1.82) is 0 Å². The maximum absolute atomic E-state index is 12.4. The van der Waals surface area contributed by atoms with E-state index < -0.39 is 28.2 Å². The molecule has 2 rings (SSSR count). The molecule has 0 aliphatic heterocycles. The van der Waals surface area contributed by atoms with Crippen LogP contribution in [0.5, 0.6) is 0 Å². The molecule has 0 saturated carbocycles. The highest BCUT2D eigenvalue weighted by Gasteiger charge is 2.19. The third-order valence-corrected chi connectivity index (χ3v) is 10.9. The highest BCUT2D eigenvalue weighted by Crippen LogP contribution is 2.36. The van der Waals surface area contributed by atoms with Crippen LogP contribution >= 0.6 is 19.7 Å². The number of hydrogen-bond acceptors (Lipinski definition) is 8. The summed E-state index contributed by atoms with van der Waals surface area (Å²) in [6, 6.07) is 12.8. The zero-order valence-electron chi connectivity index (χ0n) is 18.9. The molecule has 0 aliphatic carbocycles. The van der Waals surface area contributed by atoms with E-state index in [9.17, 15) is 21.6 Å². The van der Waals surface area contributed by atoms with E-state index in [-0.39, 0.29) is 28.1 Å². The summed E-state index contributed by atoms with van der Waals surface area (Å²) in [6.45, 7) is 5.19. The van der Waals surface area contributed by atoms with Gasteiger partial charge in [0.05, 0.1) is 23.0 Å². The zero-order valence-corrected chi connectivity index (χ0v) is 22.2. The number of thioether (sulfide) groups is 1. The maximum atomic E-state index is 12.4. The average molecular weight is 533 g/mol. The SMILES string of the molecule is CC(=O)SCCP(CCOS(=O)(=O)c1ccc(C)cc1)CCOS(=O)(=O)c1ccc(C)cc1. The number of carbonyl (C=O) groups is 1. The Morgan fingerprint density at radius 2 is 1.15 bits per heavy atom. The Hall–Kier alpha value is -1.29. The molecule has 0 radical (unpaired) electrons. The fraction of sp³-hybridized carbons (Fsp3) is 0.409. The van der Waals surface area contributed by atoms with Gasteiger partial charge in [0.1, 0.15) is 0 Å². The molecule has 0 fully saturated rings. The lowest BCUT2D eigenvalue weighted by Crippen LogP contribution is -2.14. The van der Waals surface area contributed by atoms with Crippen LogP contribution in [0.25, 0.3) is 0 Å². The van der Waals surface area contributed by atoms with Crippen molar-refractivity contribution >= 4 is 45.0 Å². The van der Waals surface area contributed by atoms with E-state index in [1.165, 1.54) is 43.0 Å². The molecule has 0 aromatic heterocycles. The van der Waals surface area contributed by atoms with E-state index in [1.54, 1.807) is 24.3 Å². The van der Waals surface area contributed by atoms with Crippen LogP contribution in [-0.4, -0.2) is 59.4 Å². The van der Waals surface area contributed by atoms with E-state index in [4.69, 9.17) is 8.37 Å². The fourth-order valence-electron chi connectivity index (χ4n) is 2.75. The smallest absolute Gasteiger partial charge is 0.288 e. The maximum Gasteiger partial charge on any atom is 0.296 e. The van der Waals surface area contributed by atoms with Crippen molar-refractivity contribution in [2.24, 2.45) is 0 Å². The molecule has 0 atom stereocenters. The molecule has 0 saturated heterocycles. The number of benzene rings is 2. The molecule has 0 amide bonds. The Kier molecular flexibility index (Phi) is 11.0. The molecular formula is C22H29O7PS3. The fourth-order valence-corrected chi connectivity index (χ4v) is 7.87. The molecule has 11 heteroatoms. The van der Waals surface area contributed by atoms with Gasteiger partial charge in [0.2, 0.25) is 0 Å². The molecule has 2 aromatic carbocycles. The minimum atomic E-state index is -3.87. The van der Waals surface area contributed by atoms with Crippen LogP contribution in [0, 0.1) is 13.8 Å². The summed E-state index contributed by atoms with van der Waals surface area (Å²) in [5.41, 5.74) is 1.89. The van der Waals surface area contributed by atoms with Gasteiger partial charge in [0.15, 0.2) is 5.12 Å². The van der Waals surface area contributed by atoms with Gasteiger partial charge >= 0.3 is 0 Å². The first-order valence-corrected chi connectivity index (χ1v) is 16.0. The molecule has 0 spiro atoms. The van der Waals surface area contributed by atoms with Gasteiger partial charge in [-0.25, -0.2) is 0 Å². The third kappa shape index (κ3) is 9.84. The monoisotopic (exact) mass is 532 g/mol. The molecule has 33 heavy (non-hydrogen) atoms. The molecule has 0 unspecified atom stereocenters. The van der Waals surface area contributed by atoms with E-state index in [0.29, 0.717) is 24.2 Å². The average Bonchev–Trinajstić information content (AvgIpc) is 2.73. The van der Waals surface area contributed by atoms with Crippen molar-refractivity contribution in [3.63, 3.8) is 0 Å². The standard InChI is InChI=1S/C22H29O7PS3/c1-18-4-8-21(9-5-18)32(24,25)28-12-14-30(16-17-31-20(3)23)15-13-29-33(26,27)22-10-6-19(2)7-11-22/h4-11H,12-17H2,1-3H3. The minimum Gasteiger partial charge on any atom is -0.288 e. The van der Waals surface area contributed by atoms with Crippen LogP contribution < -0.4 is 0 Å². The largest absolute Gasteiger partial charge is 0.296 e. The first-order chi connectivity index (χ1) is 15.5. The van der Waals surface area contributed by atoms with Crippen LogP contribution in [0.2, 0.25) is 0 Å². The quantitative estimate of drug-likeness (QED) is 0.280. The summed E-state index contributed by atoms with van der Waals surface area (Å²) in [5, 5.41) is 0.00125. The van der Waals surface area contributed by atoms with Gasteiger partial charge in [-0.05, 0) is 56.6 Å². The normalized spacial score (nSPS) is 12.2. The third-order valence-electron chi connectivity index (χ3n) is 4.62. The van der Waals surface area contributed by atoms with Gasteiger partial charge < -0.3 is 0 Å². The summed E-state index contributed by atoms with van der Waals surface area (Å²) in [4.78, 5) is 11.4. The summed E-state index contributed by atoms with van der Waals surface area (Å²) in [5.74, 6) is 0.580. The Balaban J connectivity index is 1.92. The van der Waals surface area contributed by atoms with Gasteiger partial charge in [-0.3, -0.25) is 13.2 Å². The van der Waals surface area contributed by atoms with Crippen LogP contribution in [0.15, 0.2) is 58.3 Å². The molecule has 0 heterocycles. The first kappa shape index (κ1) is 28.0. The van der Waals surface area contributed by atoms with Crippen molar-refractivity contribution in [2.75, 3.05) is 37.5 Å². The second kappa shape index (κ2) is 13.0. The number of rotatable bonds is 13. The van der Waals surface area contributed by atoms with Crippen LogP contribution in [0.3, 0.4) is 0 Å². The van der Waals surface area contributed by atoms with Gasteiger partial charge in [-0.1, -0.05) is 47.2 Å². The van der Waals surface area contributed by atoms with Gasteiger partial charge in [0, 0.05) is 12.7 Å². The molecule has 0 aliphatic rings. The molecule has 7 nitrogen and oxygen atoms in total. The highest BCUT2D eigenvalue weighted by atomic mass is 32.2. The van der Waals surface area contributed by atoms with Crippen molar-refractivity contribution in [3.8, 4) is 0 Å². The highest BCUT2D eigenvalue weighted by molar-refractivity contribution is 8.13. The van der Waals surface area contributed by atoms with Crippen molar-refractivity contribution in [2.45, 2.75) is 30.6 Å². The number of carbonyl (C=O) groups excluding carboxylic acids is 1. The Labute approximate surface area is 202 Å². The topological polar surface area (TPSA) is 104 Å². The Morgan fingerprint density at radius 1 is 0.758 bits per heavy atom. The van der Waals surface area contributed by atoms with Crippen LogP contribution in [-0.2, 0) is 33.4 Å². The Morgan fingerprint density at radius 3 is 1.52 bits per heavy atom. The van der Waals surface area contributed by atoms with E-state index >= 15 is 0 Å². The zero-order chi connectivity index (χ0) is 24.5. The lowest BCUT2D eigenvalue weighted by molar-refractivity contribution is -0.109. The van der Waals surface area contributed by atoms with E-state index in [1.807, 2.05) is 13.8 Å². The van der Waals surface area contributed by atoms with Gasteiger partial charge in [-0.15, -0.1) is 7.92 Å². The van der Waals surface area contributed by atoms with Crippen molar-refractivity contribution in [1.82, 2.24) is 0 Å². The number of aryl methyl sites for hydroxylation is 2. The summed E-state index contributed by atoms with van der Waals surface area (Å²) in [7, 11) is -8.53. The predicted octanol–water partition coefficient (Wildman–Crippen LogP) is 4.18. The van der Waals surface area contributed by atoms with Crippen molar-refractivity contribution < 1.29 is 30.0 Å². The Bertz CT molecular complexity index is 1030. The second-order valence-corrected chi connectivity index (χ2v) is 14.5. The van der Waals surface area contributed by atoms with Crippen LogP contribution in [0.4, 0.5) is 0 Å². The van der Waals surface area contributed by atoms with E-state index in [0.717, 1.165) is 11.1 Å². The molecule has 2 aromatic rings. The summed E-state index contributed by atoms with van der Waals surface area (Å²) >= 11 is 1.19. The summed E-state index contributed by atoms with van der Waals surface area (Å²) in [6.07, 6.45) is 1.57. The van der Waals surface area contributed by atoms with Gasteiger partial charge in [-0.2, -0.15) is 16.8 Å². The minimum absolute atomic E-state index is 0.00125. The lowest BCUT2D eigenvalue weighted by Gasteiger charge is -2.17. The lowest BCUT2D eigenvalue weighted by atomic mass is 10.2.